The van der Waals surface area contributed by atoms with Crippen LogP contribution in [0.1, 0.15) is 38.5 Å². The molecule has 3 fully saturated rings. The van der Waals surface area contributed by atoms with Crippen molar-refractivity contribution in [3.05, 3.63) is 0 Å². The van der Waals surface area contributed by atoms with Gasteiger partial charge in [0.15, 0.2) is 0 Å². The van der Waals surface area contributed by atoms with Gasteiger partial charge in [-0.2, -0.15) is 0 Å². The normalized spacial score (nSPS) is 32.9. The summed E-state index contributed by atoms with van der Waals surface area (Å²) in [4.78, 5) is 38.7. The lowest BCUT2D eigenvalue weighted by atomic mass is 9.99. The van der Waals surface area contributed by atoms with E-state index in [1.807, 2.05) is 0 Å². The van der Waals surface area contributed by atoms with Crippen LogP contribution in [0.4, 0.5) is 0 Å². The summed E-state index contributed by atoms with van der Waals surface area (Å²) in [6, 6.07) is -1.08. The van der Waals surface area contributed by atoms with E-state index in [4.69, 9.17) is 0 Å². The molecule has 6 nitrogen and oxygen atoms in total. The number of imide groups is 1. The molecular weight excluding hydrogens is 248 g/mol. The maximum Gasteiger partial charge on any atom is 0.320 e. The zero-order valence-corrected chi connectivity index (χ0v) is 10.7. The Morgan fingerprint density at radius 3 is 2.53 bits per heavy atom. The van der Waals surface area contributed by atoms with Crippen LogP contribution in [0.15, 0.2) is 0 Å². The molecule has 3 aliphatic rings. The fraction of sp³-hybridized carbons (Fsp3) is 0.769. The first-order chi connectivity index (χ1) is 9.09. The molecule has 3 rings (SSSR count). The van der Waals surface area contributed by atoms with Gasteiger partial charge in [0.2, 0.25) is 11.8 Å². The molecule has 19 heavy (non-hydrogen) atoms. The van der Waals surface area contributed by atoms with Crippen LogP contribution < -0.4 is 0 Å². The molecule has 0 radical (unpaired) electrons. The Labute approximate surface area is 111 Å². The van der Waals surface area contributed by atoms with E-state index in [0.717, 1.165) is 25.7 Å². The minimum absolute atomic E-state index is 0.0815. The van der Waals surface area contributed by atoms with Crippen molar-refractivity contribution in [1.29, 1.82) is 0 Å². The van der Waals surface area contributed by atoms with Crippen LogP contribution in [-0.2, 0) is 14.4 Å². The topological polar surface area (TPSA) is 77.9 Å². The van der Waals surface area contributed by atoms with E-state index in [0.29, 0.717) is 13.0 Å². The van der Waals surface area contributed by atoms with Gasteiger partial charge < -0.3 is 5.11 Å². The number of carbonyl (C=O) groups is 3. The van der Waals surface area contributed by atoms with Crippen molar-refractivity contribution in [2.45, 2.75) is 56.7 Å². The van der Waals surface area contributed by atoms with Gasteiger partial charge in [-0.25, -0.2) is 0 Å². The van der Waals surface area contributed by atoms with Crippen molar-refractivity contribution < 1.29 is 19.5 Å². The molecule has 2 unspecified atom stereocenters. The number of nitrogens with zero attached hydrogens (tertiary/aromatic N) is 2. The number of hydrogen-bond acceptors (Lipinski definition) is 4. The molecule has 2 heterocycles. The van der Waals surface area contributed by atoms with Crippen LogP contribution in [0.5, 0.6) is 0 Å². The van der Waals surface area contributed by atoms with Gasteiger partial charge in [0.05, 0.1) is 12.5 Å². The first-order valence-electron chi connectivity index (χ1n) is 6.94. The Hall–Kier alpha value is -1.43. The van der Waals surface area contributed by atoms with Gasteiger partial charge in [0.25, 0.3) is 0 Å². The van der Waals surface area contributed by atoms with Crippen molar-refractivity contribution in [1.82, 2.24) is 9.80 Å². The number of carboxylic acids is 1. The molecule has 0 aromatic carbocycles. The maximum absolute atomic E-state index is 12.3. The highest BCUT2D eigenvalue weighted by atomic mass is 16.4. The summed E-state index contributed by atoms with van der Waals surface area (Å²) in [5, 5.41) is 9.26. The monoisotopic (exact) mass is 266 g/mol. The fourth-order valence-corrected chi connectivity index (χ4v) is 3.20. The molecule has 0 aromatic rings. The first-order valence-corrected chi connectivity index (χ1v) is 6.94. The van der Waals surface area contributed by atoms with Crippen molar-refractivity contribution >= 4 is 17.8 Å². The van der Waals surface area contributed by atoms with Crippen molar-refractivity contribution in [2.24, 2.45) is 0 Å². The Kier molecular flexibility index (Phi) is 3.05. The highest BCUT2D eigenvalue weighted by molar-refractivity contribution is 6.06. The van der Waals surface area contributed by atoms with E-state index in [2.05, 4.69) is 0 Å². The van der Waals surface area contributed by atoms with E-state index < -0.39 is 18.1 Å². The fourth-order valence-electron chi connectivity index (χ4n) is 3.20. The Morgan fingerprint density at radius 1 is 1.16 bits per heavy atom. The zero-order valence-electron chi connectivity index (χ0n) is 10.7. The number of aliphatic carboxylic acids is 1. The van der Waals surface area contributed by atoms with Crippen LogP contribution in [0.2, 0.25) is 0 Å². The third-order valence-electron chi connectivity index (χ3n) is 4.30. The first kappa shape index (κ1) is 12.6. The highest BCUT2D eigenvalue weighted by Gasteiger charge is 2.50. The number of amides is 2. The predicted octanol–water partition coefficient (Wildman–Crippen LogP) is 0.215. The molecule has 0 spiro atoms. The second-order valence-corrected chi connectivity index (χ2v) is 5.64. The van der Waals surface area contributed by atoms with Crippen LogP contribution in [-0.4, -0.2) is 57.4 Å². The van der Waals surface area contributed by atoms with E-state index in [1.54, 1.807) is 4.90 Å². The quantitative estimate of drug-likeness (QED) is 0.739. The number of hydrogen-bond donors (Lipinski definition) is 1. The summed E-state index contributed by atoms with van der Waals surface area (Å²) in [6.45, 7) is 0.596. The Morgan fingerprint density at radius 2 is 1.89 bits per heavy atom. The average molecular weight is 266 g/mol. The molecule has 2 aliphatic heterocycles. The van der Waals surface area contributed by atoms with Crippen molar-refractivity contribution in [3.8, 4) is 0 Å². The largest absolute Gasteiger partial charge is 0.480 e. The molecule has 0 bridgehead atoms. The summed E-state index contributed by atoms with van der Waals surface area (Å²) in [6.07, 6.45) is 4.27. The predicted molar refractivity (Wildman–Crippen MR) is 65.3 cm³/mol. The molecule has 2 atom stereocenters. The minimum Gasteiger partial charge on any atom is -0.480 e. The summed E-state index contributed by atoms with van der Waals surface area (Å²) in [5.41, 5.74) is 0. The number of likely N-dealkylation sites (tertiary alicyclic amines) is 2. The van der Waals surface area contributed by atoms with Gasteiger partial charge in [-0.05, 0) is 32.2 Å². The van der Waals surface area contributed by atoms with Crippen LogP contribution in [0.3, 0.4) is 0 Å². The molecule has 1 saturated carbocycles. The molecule has 1 N–H and O–H groups in total. The third-order valence-corrected chi connectivity index (χ3v) is 4.30. The van der Waals surface area contributed by atoms with Crippen LogP contribution in [0.25, 0.3) is 0 Å². The number of piperidine rings is 1. The Balaban J connectivity index is 1.79. The van der Waals surface area contributed by atoms with Gasteiger partial charge in [0.1, 0.15) is 6.04 Å². The van der Waals surface area contributed by atoms with E-state index in [1.165, 1.54) is 4.90 Å². The maximum atomic E-state index is 12.3. The molecule has 104 valence electrons. The van der Waals surface area contributed by atoms with Crippen molar-refractivity contribution in [3.63, 3.8) is 0 Å². The number of rotatable bonds is 3. The van der Waals surface area contributed by atoms with Gasteiger partial charge in [-0.15, -0.1) is 0 Å². The lowest BCUT2D eigenvalue weighted by Gasteiger charge is -2.36. The standard InChI is InChI=1S/C13H18N2O4/c16-11-7-10(12(17)15(11)8-4-5-8)14-6-2-1-3-9(14)13(18)19/h8-10H,1-7H2,(H,18,19). The minimum atomic E-state index is -0.884. The summed E-state index contributed by atoms with van der Waals surface area (Å²) >= 11 is 0. The molecule has 2 saturated heterocycles. The third kappa shape index (κ3) is 2.14. The molecule has 1 aliphatic carbocycles. The second kappa shape index (κ2) is 4.59. The smallest absolute Gasteiger partial charge is 0.320 e. The summed E-state index contributed by atoms with van der Waals surface area (Å²) < 4.78 is 0. The number of carboxylic acid groups (broad SMARTS) is 1. The number of carbonyl (C=O) groups excluding carboxylic acids is 2. The van der Waals surface area contributed by atoms with Crippen molar-refractivity contribution in [2.75, 3.05) is 6.54 Å². The van der Waals surface area contributed by atoms with Gasteiger partial charge in [-0.1, -0.05) is 6.42 Å². The zero-order chi connectivity index (χ0) is 13.6. The Bertz CT molecular complexity index is 432. The summed E-state index contributed by atoms with van der Waals surface area (Å²) in [5.74, 6) is -1.20. The second-order valence-electron chi connectivity index (χ2n) is 5.64. The van der Waals surface area contributed by atoms with E-state index in [-0.39, 0.29) is 24.3 Å². The average Bonchev–Trinajstić information content (AvgIpc) is 3.16. The highest BCUT2D eigenvalue weighted by Crippen LogP contribution is 2.34. The molecular formula is C13H18N2O4. The van der Waals surface area contributed by atoms with Gasteiger partial charge >= 0.3 is 5.97 Å². The van der Waals surface area contributed by atoms with Crippen LogP contribution >= 0.6 is 0 Å². The molecule has 2 amide bonds. The SMILES string of the molecule is O=C(O)C1CCCCN1C1CC(=O)N(C2CC2)C1=O. The van der Waals surface area contributed by atoms with Gasteiger partial charge in [-0.3, -0.25) is 24.2 Å². The van der Waals surface area contributed by atoms with E-state index in [9.17, 15) is 19.5 Å². The van der Waals surface area contributed by atoms with Gasteiger partial charge in [0, 0.05) is 6.04 Å². The van der Waals surface area contributed by atoms with Crippen LogP contribution in [0, 0.1) is 0 Å². The lowest BCUT2D eigenvalue weighted by molar-refractivity contribution is -0.147. The van der Waals surface area contributed by atoms with E-state index >= 15 is 0 Å². The summed E-state index contributed by atoms with van der Waals surface area (Å²) in [7, 11) is 0. The molecule has 0 aromatic heterocycles. The molecule has 6 heteroatoms. The lowest BCUT2D eigenvalue weighted by Crippen LogP contribution is -2.52.